The molecule has 2 aliphatic heterocycles. The van der Waals surface area contributed by atoms with Gasteiger partial charge in [0, 0.05) is 37.8 Å². The molecule has 2 amide bonds. The number of piperidine rings is 1. The number of carbonyl (C=O) groups excluding carboxylic acids is 2. The van der Waals surface area contributed by atoms with Crippen LogP contribution in [0.2, 0.25) is 0 Å². The third-order valence-corrected chi connectivity index (χ3v) is 6.34. The van der Waals surface area contributed by atoms with Crippen molar-refractivity contribution in [3.8, 4) is 0 Å². The van der Waals surface area contributed by atoms with Crippen LogP contribution in [-0.4, -0.2) is 65.1 Å². The molecule has 34 heavy (non-hydrogen) atoms. The molecule has 2 atom stereocenters. The van der Waals surface area contributed by atoms with Crippen LogP contribution in [0.25, 0.3) is 0 Å². The normalized spacial score (nSPS) is 21.2. The summed E-state index contributed by atoms with van der Waals surface area (Å²) in [6, 6.07) is 7.44. The number of ether oxygens (including phenoxy) is 1. The van der Waals surface area contributed by atoms with Crippen molar-refractivity contribution in [2.24, 2.45) is 5.73 Å². The van der Waals surface area contributed by atoms with Crippen molar-refractivity contribution in [1.29, 1.82) is 0 Å². The molecule has 2 saturated heterocycles. The maximum Gasteiger partial charge on any atom is 0.252 e. The van der Waals surface area contributed by atoms with Gasteiger partial charge in [-0.25, -0.2) is 9.97 Å². The molecule has 9 nitrogen and oxygen atoms in total. The van der Waals surface area contributed by atoms with Crippen molar-refractivity contribution >= 4 is 29.1 Å². The molecule has 0 saturated carbocycles. The largest absolute Gasteiger partial charge is 0.372 e. The fraction of sp³-hybridized carbons (Fsp3) is 0.440. The minimum atomic E-state index is -0.547. The zero-order valence-electron chi connectivity index (χ0n) is 19.7. The quantitative estimate of drug-likeness (QED) is 0.632. The first-order valence-corrected chi connectivity index (χ1v) is 11.7. The van der Waals surface area contributed by atoms with Gasteiger partial charge in [0.2, 0.25) is 5.91 Å². The van der Waals surface area contributed by atoms with Crippen LogP contribution in [-0.2, 0) is 9.53 Å². The van der Waals surface area contributed by atoms with E-state index in [1.165, 1.54) is 6.08 Å². The van der Waals surface area contributed by atoms with E-state index in [1.807, 2.05) is 18.2 Å². The van der Waals surface area contributed by atoms with E-state index < -0.39 is 5.91 Å². The fourth-order valence-electron chi connectivity index (χ4n) is 4.67. The molecular formula is C25H32N6O3. The fourth-order valence-corrected chi connectivity index (χ4v) is 4.67. The second kappa shape index (κ2) is 10.2. The maximum absolute atomic E-state index is 12.0. The second-order valence-electron chi connectivity index (χ2n) is 8.99. The summed E-state index contributed by atoms with van der Waals surface area (Å²) in [5.41, 5.74) is 7.52. The number of amides is 2. The molecule has 0 unspecified atom stereocenters. The number of rotatable bonds is 6. The smallest absolute Gasteiger partial charge is 0.252 e. The number of likely N-dealkylation sites (tertiary alicyclic amines) is 1. The molecule has 9 heteroatoms. The highest BCUT2D eigenvalue weighted by molar-refractivity contribution is 5.98. The topological polar surface area (TPSA) is 114 Å². The third-order valence-electron chi connectivity index (χ3n) is 6.34. The van der Waals surface area contributed by atoms with Gasteiger partial charge in [0.15, 0.2) is 0 Å². The number of aromatic nitrogens is 2. The van der Waals surface area contributed by atoms with Crippen molar-refractivity contribution in [3.63, 3.8) is 0 Å². The highest BCUT2D eigenvalue weighted by Gasteiger charge is 2.25. The van der Waals surface area contributed by atoms with Crippen LogP contribution < -0.4 is 16.0 Å². The van der Waals surface area contributed by atoms with E-state index in [0.29, 0.717) is 24.5 Å². The highest BCUT2D eigenvalue weighted by Crippen LogP contribution is 2.30. The number of nitrogens with two attached hydrogens (primary N) is 1. The van der Waals surface area contributed by atoms with Gasteiger partial charge in [-0.15, -0.1) is 0 Å². The summed E-state index contributed by atoms with van der Waals surface area (Å²) in [7, 11) is 0. The number of pyridine rings is 2. The van der Waals surface area contributed by atoms with Gasteiger partial charge in [0.1, 0.15) is 11.6 Å². The van der Waals surface area contributed by atoms with Crippen molar-refractivity contribution in [3.05, 3.63) is 54.4 Å². The van der Waals surface area contributed by atoms with E-state index in [0.717, 1.165) is 43.1 Å². The van der Waals surface area contributed by atoms with Crippen LogP contribution in [0, 0.1) is 0 Å². The Kier molecular flexibility index (Phi) is 7.12. The number of morpholine rings is 1. The second-order valence-corrected chi connectivity index (χ2v) is 8.99. The average molecular weight is 465 g/mol. The van der Waals surface area contributed by atoms with Crippen LogP contribution in [0.3, 0.4) is 0 Å². The minimum absolute atomic E-state index is 0.0465. The van der Waals surface area contributed by atoms with Gasteiger partial charge in [-0.2, -0.15) is 0 Å². The highest BCUT2D eigenvalue weighted by atomic mass is 16.5. The van der Waals surface area contributed by atoms with Gasteiger partial charge >= 0.3 is 0 Å². The van der Waals surface area contributed by atoms with Crippen LogP contribution in [0.15, 0.2) is 43.1 Å². The van der Waals surface area contributed by atoms with Crippen LogP contribution in [0.5, 0.6) is 0 Å². The van der Waals surface area contributed by atoms with E-state index in [-0.39, 0.29) is 24.0 Å². The number of carbonyl (C=O) groups is 2. The van der Waals surface area contributed by atoms with Crippen LogP contribution in [0.4, 0.5) is 17.3 Å². The lowest BCUT2D eigenvalue weighted by atomic mass is 9.92. The lowest BCUT2D eigenvalue weighted by Gasteiger charge is -2.36. The molecule has 0 aromatic carbocycles. The Labute approximate surface area is 200 Å². The molecule has 180 valence electrons. The Balaban J connectivity index is 1.49. The molecule has 0 bridgehead atoms. The summed E-state index contributed by atoms with van der Waals surface area (Å²) in [5, 5.41) is 3.22. The number of primary amides is 1. The lowest BCUT2D eigenvalue weighted by Crippen LogP contribution is -2.45. The number of nitrogens with one attached hydrogen (secondary N) is 1. The maximum atomic E-state index is 12.0. The minimum Gasteiger partial charge on any atom is -0.372 e. The number of hydrogen-bond acceptors (Lipinski definition) is 7. The Morgan fingerprint density at radius 1 is 1.15 bits per heavy atom. The molecule has 2 aliphatic rings. The predicted octanol–water partition coefficient (Wildman–Crippen LogP) is 2.82. The standard InChI is InChI=1S/C25H32N6O3/c1-4-23(32)30-11-9-18(10-12-30)21-7-6-20(24(26)33)25(29-21)28-19-5-8-22(27-13-19)31-14-16(2)34-17(3)15-31/h4-8,13,16-18H,1,9-12,14-15H2,2-3H3,(H2,26,33)(H,28,29)/t16-,17+. The SMILES string of the molecule is C=CC(=O)N1CCC(c2ccc(C(N)=O)c(Nc3ccc(N4C[C@@H](C)O[C@@H](C)C4)nc3)n2)CC1. The van der Waals surface area contributed by atoms with E-state index >= 15 is 0 Å². The van der Waals surface area contributed by atoms with E-state index in [9.17, 15) is 9.59 Å². The van der Waals surface area contributed by atoms with Gasteiger partial charge < -0.3 is 25.6 Å². The molecule has 3 N–H and O–H groups in total. The summed E-state index contributed by atoms with van der Waals surface area (Å²) < 4.78 is 5.80. The van der Waals surface area contributed by atoms with Crippen molar-refractivity contribution in [2.45, 2.75) is 44.8 Å². The Bertz CT molecular complexity index is 1040. The van der Waals surface area contributed by atoms with Crippen molar-refractivity contribution in [1.82, 2.24) is 14.9 Å². The van der Waals surface area contributed by atoms with Crippen LogP contribution >= 0.6 is 0 Å². The Hall–Kier alpha value is -3.46. The van der Waals surface area contributed by atoms with Crippen LogP contribution in [0.1, 0.15) is 48.7 Å². The monoisotopic (exact) mass is 464 g/mol. The van der Waals surface area contributed by atoms with Gasteiger partial charge in [0.25, 0.3) is 5.91 Å². The summed E-state index contributed by atoms with van der Waals surface area (Å²) in [6.45, 7) is 10.6. The zero-order chi connectivity index (χ0) is 24.2. The zero-order valence-corrected chi connectivity index (χ0v) is 19.7. The summed E-state index contributed by atoms with van der Waals surface area (Å²) in [6.07, 6.45) is 4.98. The van der Waals surface area contributed by atoms with Crippen molar-refractivity contribution < 1.29 is 14.3 Å². The summed E-state index contributed by atoms with van der Waals surface area (Å²) in [4.78, 5) is 37.2. The molecule has 4 heterocycles. The molecule has 0 spiro atoms. The molecule has 0 aliphatic carbocycles. The molecular weight excluding hydrogens is 432 g/mol. The summed E-state index contributed by atoms with van der Waals surface area (Å²) >= 11 is 0. The molecule has 2 aromatic rings. The predicted molar refractivity (Wildman–Crippen MR) is 131 cm³/mol. The average Bonchev–Trinajstić information content (AvgIpc) is 2.83. The molecule has 4 rings (SSSR count). The first-order chi connectivity index (χ1) is 16.3. The van der Waals surface area contributed by atoms with E-state index in [4.69, 9.17) is 15.5 Å². The number of nitrogens with zero attached hydrogens (tertiary/aromatic N) is 4. The van der Waals surface area contributed by atoms with E-state index in [1.54, 1.807) is 17.2 Å². The number of hydrogen-bond donors (Lipinski definition) is 2. The Morgan fingerprint density at radius 2 is 1.85 bits per heavy atom. The van der Waals surface area contributed by atoms with Gasteiger partial charge in [0.05, 0.1) is 29.7 Å². The van der Waals surface area contributed by atoms with Gasteiger partial charge in [-0.3, -0.25) is 9.59 Å². The van der Waals surface area contributed by atoms with Crippen molar-refractivity contribution in [2.75, 3.05) is 36.4 Å². The summed E-state index contributed by atoms with van der Waals surface area (Å²) in [5.74, 6) is 0.897. The van der Waals surface area contributed by atoms with Gasteiger partial charge in [-0.1, -0.05) is 6.58 Å². The first-order valence-electron chi connectivity index (χ1n) is 11.7. The number of anilines is 3. The lowest BCUT2D eigenvalue weighted by molar-refractivity contribution is -0.127. The third kappa shape index (κ3) is 5.36. The first kappa shape index (κ1) is 23.7. The molecule has 2 fully saturated rings. The van der Waals surface area contributed by atoms with Gasteiger partial charge in [-0.05, 0) is 57.0 Å². The molecule has 0 radical (unpaired) electrons. The molecule has 2 aromatic heterocycles. The Morgan fingerprint density at radius 3 is 2.44 bits per heavy atom. The van der Waals surface area contributed by atoms with E-state index in [2.05, 4.69) is 35.6 Å².